The van der Waals surface area contributed by atoms with E-state index in [9.17, 15) is 9.00 Å². The Morgan fingerprint density at radius 1 is 1.57 bits per heavy atom. The molecule has 0 aromatic carbocycles. The number of aromatic nitrogens is 2. The van der Waals surface area contributed by atoms with Crippen molar-refractivity contribution in [2.45, 2.75) is 25.1 Å². The van der Waals surface area contributed by atoms with E-state index in [0.717, 1.165) is 0 Å². The molecule has 8 heteroatoms. The van der Waals surface area contributed by atoms with Gasteiger partial charge in [-0.15, -0.1) is 0 Å². The van der Waals surface area contributed by atoms with Crippen LogP contribution in [0, 0.1) is 0 Å². The molecule has 0 aliphatic carbocycles. The first kappa shape index (κ1) is 16.0. The molecule has 1 fully saturated rings. The van der Waals surface area contributed by atoms with Crippen LogP contribution in [0.5, 0.6) is 0 Å². The Hall–Kier alpha value is -1.41. The minimum atomic E-state index is -0.886. The molecule has 1 atom stereocenters. The van der Waals surface area contributed by atoms with Gasteiger partial charge in [-0.3, -0.25) is 8.89 Å². The van der Waals surface area contributed by atoms with Crippen molar-refractivity contribution >= 4 is 22.5 Å². The van der Waals surface area contributed by atoms with Gasteiger partial charge in [0.1, 0.15) is 0 Å². The van der Waals surface area contributed by atoms with E-state index in [1.54, 1.807) is 29.1 Å². The number of nitrogens with one attached hydrogen (secondary N) is 1. The Kier molecular flexibility index (Phi) is 5.00. The molecule has 1 N–H and O–H groups in total. The molecule has 1 aliphatic rings. The maximum Gasteiger partial charge on any atom is 0.322 e. The van der Waals surface area contributed by atoms with Crippen molar-refractivity contribution in [3.63, 3.8) is 0 Å². The molecular weight excluding hydrogens is 292 g/mol. The number of hydrogen-bond donors (Lipinski definition) is 1. The lowest BCUT2D eigenvalue weighted by Crippen LogP contribution is -2.53. The lowest BCUT2D eigenvalue weighted by atomic mass is 10.2. The fraction of sp³-hybridized carbons (Fsp3) is 0.692. The fourth-order valence-corrected chi connectivity index (χ4v) is 3.43. The fourth-order valence-electron chi connectivity index (χ4n) is 2.19. The molecule has 0 saturated carbocycles. The number of amides is 2. The predicted molar refractivity (Wildman–Crippen MR) is 81.8 cm³/mol. The van der Waals surface area contributed by atoms with E-state index in [-0.39, 0.29) is 10.8 Å². The van der Waals surface area contributed by atoms with E-state index in [1.165, 1.54) is 0 Å². The average molecular weight is 314 g/mol. The van der Waals surface area contributed by atoms with Crippen molar-refractivity contribution < 1.29 is 13.7 Å². The van der Waals surface area contributed by atoms with E-state index in [0.29, 0.717) is 37.7 Å². The maximum absolute atomic E-state index is 12.2. The van der Waals surface area contributed by atoms with Crippen LogP contribution < -0.4 is 5.32 Å². The second kappa shape index (κ2) is 6.57. The van der Waals surface area contributed by atoms with Crippen LogP contribution in [0.25, 0.3) is 0 Å². The van der Waals surface area contributed by atoms with Gasteiger partial charge in [-0.25, -0.2) is 4.79 Å². The van der Waals surface area contributed by atoms with Crippen LogP contribution in [-0.4, -0.2) is 62.2 Å². The first-order chi connectivity index (χ1) is 9.92. The van der Waals surface area contributed by atoms with Crippen molar-refractivity contribution in [1.29, 1.82) is 0 Å². The minimum Gasteiger partial charge on any atom is -0.383 e. The molecule has 0 radical (unpaired) electrons. The third-order valence-corrected chi connectivity index (χ3v) is 5.35. The summed E-state index contributed by atoms with van der Waals surface area (Å²) in [5, 5.41) is 6.97. The van der Waals surface area contributed by atoms with Gasteiger partial charge in [0.15, 0.2) is 0 Å². The Morgan fingerprint density at radius 3 is 3.00 bits per heavy atom. The van der Waals surface area contributed by atoms with Gasteiger partial charge in [0.05, 0.1) is 29.8 Å². The van der Waals surface area contributed by atoms with Gasteiger partial charge < -0.3 is 15.0 Å². The van der Waals surface area contributed by atoms with E-state index in [1.807, 2.05) is 13.8 Å². The summed E-state index contributed by atoms with van der Waals surface area (Å²) >= 11 is 0. The van der Waals surface area contributed by atoms with Gasteiger partial charge in [0.25, 0.3) is 0 Å². The van der Waals surface area contributed by atoms with E-state index < -0.39 is 10.8 Å². The highest BCUT2D eigenvalue weighted by Gasteiger charge is 2.35. The van der Waals surface area contributed by atoms with Crippen molar-refractivity contribution in [1.82, 2.24) is 14.7 Å². The molecule has 1 aromatic rings. The summed E-state index contributed by atoms with van der Waals surface area (Å²) < 4.78 is 18.2. The van der Waals surface area contributed by atoms with Crippen LogP contribution in [0.3, 0.4) is 0 Å². The first-order valence-corrected chi connectivity index (χ1v) is 8.20. The van der Waals surface area contributed by atoms with E-state index >= 15 is 0 Å². The summed E-state index contributed by atoms with van der Waals surface area (Å²) in [6.45, 7) is 6.06. The van der Waals surface area contributed by atoms with Crippen LogP contribution in [0.4, 0.5) is 10.5 Å². The summed E-state index contributed by atoms with van der Waals surface area (Å²) in [6, 6.07) is -0.175. The molecule has 1 aliphatic heterocycles. The first-order valence-electron chi connectivity index (χ1n) is 6.88. The van der Waals surface area contributed by atoms with E-state index in [4.69, 9.17) is 4.74 Å². The quantitative estimate of drug-likeness (QED) is 0.896. The minimum absolute atomic E-state index is 0.175. The van der Waals surface area contributed by atoms with Gasteiger partial charge in [-0.2, -0.15) is 5.10 Å². The average Bonchev–Trinajstić information content (AvgIpc) is 2.87. The lowest BCUT2D eigenvalue weighted by Gasteiger charge is -2.37. The third-order valence-electron chi connectivity index (χ3n) is 3.43. The number of methoxy groups -OCH3 is 1. The van der Waals surface area contributed by atoms with Crippen molar-refractivity contribution in [2.75, 3.05) is 37.9 Å². The van der Waals surface area contributed by atoms with Gasteiger partial charge in [-0.1, -0.05) is 0 Å². The molecule has 1 saturated heterocycles. The number of hydrogen-bond acceptors (Lipinski definition) is 4. The number of carbonyl (C=O) groups is 1. The van der Waals surface area contributed by atoms with Crippen molar-refractivity contribution in [3.8, 4) is 0 Å². The summed E-state index contributed by atoms with van der Waals surface area (Å²) in [6.07, 6.45) is 3.38. The van der Waals surface area contributed by atoms with E-state index in [2.05, 4.69) is 10.4 Å². The third kappa shape index (κ3) is 4.04. The number of ether oxygens (including phenoxy) is 1. The Bertz CT molecular complexity index is 529. The predicted octanol–water partition coefficient (Wildman–Crippen LogP) is 0.904. The van der Waals surface area contributed by atoms with Crippen LogP contribution in [0.1, 0.15) is 13.8 Å². The Labute approximate surface area is 127 Å². The topological polar surface area (TPSA) is 76.5 Å². The zero-order valence-electron chi connectivity index (χ0n) is 12.7. The molecule has 0 unspecified atom stereocenters. The second-order valence-corrected chi connectivity index (χ2v) is 7.85. The molecule has 7 nitrogen and oxygen atoms in total. The second-order valence-electron chi connectivity index (χ2n) is 5.65. The molecule has 2 heterocycles. The smallest absolute Gasteiger partial charge is 0.322 e. The zero-order chi connectivity index (χ0) is 15.5. The van der Waals surface area contributed by atoms with Crippen LogP contribution >= 0.6 is 0 Å². The number of nitrogens with zero attached hydrogens (tertiary/aromatic N) is 3. The summed E-state index contributed by atoms with van der Waals surface area (Å²) in [7, 11) is 0.747. The number of urea groups is 1. The van der Waals surface area contributed by atoms with Gasteiger partial charge >= 0.3 is 6.03 Å². The summed E-state index contributed by atoms with van der Waals surface area (Å²) in [4.78, 5) is 13.9. The van der Waals surface area contributed by atoms with Crippen LogP contribution in [-0.2, 0) is 22.1 Å². The molecule has 2 amide bonds. The molecule has 21 heavy (non-hydrogen) atoms. The van der Waals surface area contributed by atoms with Gasteiger partial charge in [0.2, 0.25) is 0 Å². The lowest BCUT2D eigenvalue weighted by molar-refractivity contribution is 0.183. The van der Waals surface area contributed by atoms with Gasteiger partial charge in [0, 0.05) is 42.9 Å². The molecule has 1 aromatic heterocycles. The molecule has 0 bridgehead atoms. The Balaban J connectivity index is 1.92. The number of carbonyl (C=O) groups excluding carboxylic acids is 1. The normalized spacial score (nSPS) is 21.3. The van der Waals surface area contributed by atoms with Crippen molar-refractivity contribution in [3.05, 3.63) is 12.4 Å². The highest BCUT2D eigenvalue weighted by atomic mass is 32.2. The zero-order valence-corrected chi connectivity index (χ0v) is 13.5. The SMILES string of the molecule is COCCn1cc(NC(=O)N2CC[S@](=O)C(C)(C)C2)cn1. The monoisotopic (exact) mass is 314 g/mol. The number of rotatable bonds is 4. The molecule has 118 valence electrons. The molecule has 0 spiro atoms. The highest BCUT2D eigenvalue weighted by molar-refractivity contribution is 7.86. The number of anilines is 1. The van der Waals surface area contributed by atoms with Gasteiger partial charge in [-0.05, 0) is 13.8 Å². The molecule has 2 rings (SSSR count). The summed E-state index contributed by atoms with van der Waals surface area (Å²) in [5.74, 6) is 0.521. The largest absolute Gasteiger partial charge is 0.383 e. The molecular formula is C13H22N4O3S. The van der Waals surface area contributed by atoms with Crippen LogP contribution in [0.2, 0.25) is 0 Å². The maximum atomic E-state index is 12.2. The Morgan fingerprint density at radius 2 is 2.33 bits per heavy atom. The summed E-state index contributed by atoms with van der Waals surface area (Å²) in [5.41, 5.74) is 0.653. The standard InChI is InChI=1S/C13H22N4O3S/c1-13(2)10-16(5-7-21(13)19)12(18)15-11-8-14-17(9-11)4-6-20-3/h8-9H,4-7,10H2,1-3H3,(H,15,18)/t21-/m0/s1. The van der Waals surface area contributed by atoms with Crippen molar-refractivity contribution in [2.24, 2.45) is 0 Å². The van der Waals surface area contributed by atoms with Crippen LogP contribution in [0.15, 0.2) is 12.4 Å². The highest BCUT2D eigenvalue weighted by Crippen LogP contribution is 2.20.